The van der Waals surface area contributed by atoms with E-state index in [1.165, 1.54) is 25.7 Å². The van der Waals surface area contributed by atoms with E-state index in [-0.39, 0.29) is 0 Å². The van der Waals surface area contributed by atoms with Crippen molar-refractivity contribution in [2.24, 2.45) is 0 Å². The normalized spacial score (nSPS) is 25.0. The minimum Gasteiger partial charge on any atom is -0.338 e. The molecule has 0 aromatic heterocycles. The van der Waals surface area contributed by atoms with E-state index >= 15 is 0 Å². The van der Waals surface area contributed by atoms with E-state index in [1.807, 2.05) is 27.7 Å². The van der Waals surface area contributed by atoms with Crippen LogP contribution in [0.25, 0.3) is 0 Å². The molecule has 2 atom stereocenters. The minimum absolute atomic E-state index is 0.490. The largest absolute Gasteiger partial charge is 0.338 e. The van der Waals surface area contributed by atoms with Crippen molar-refractivity contribution in [1.29, 1.82) is 0 Å². The molecule has 0 radical (unpaired) electrons. The van der Waals surface area contributed by atoms with E-state index < -0.39 is 11.8 Å². The maximum absolute atomic E-state index is 6.09. The predicted octanol–water partition coefficient (Wildman–Crippen LogP) is 2.63. The summed E-state index contributed by atoms with van der Waals surface area (Å²) in [7, 11) is 0. The zero-order valence-electron chi connectivity index (χ0n) is 16.0. The van der Waals surface area contributed by atoms with Crippen LogP contribution in [0, 0.1) is 0 Å². The highest BCUT2D eigenvalue weighted by Crippen LogP contribution is 2.26. The molecule has 2 fully saturated rings. The number of hydrogen-bond donors (Lipinski definition) is 0. The number of hydrogen-bond acceptors (Lipinski definition) is 6. The van der Waals surface area contributed by atoms with Gasteiger partial charge in [0.2, 0.25) is 11.8 Å². The summed E-state index contributed by atoms with van der Waals surface area (Å²) < 4.78 is 24.0. The van der Waals surface area contributed by atoms with Crippen LogP contribution in [0.2, 0.25) is 0 Å². The molecular formula is C18H36N2O4. The van der Waals surface area contributed by atoms with Crippen LogP contribution in [0.4, 0.5) is 0 Å². The Labute approximate surface area is 147 Å². The first-order chi connectivity index (χ1) is 11.5. The van der Waals surface area contributed by atoms with Gasteiger partial charge in [-0.25, -0.2) is 0 Å². The van der Waals surface area contributed by atoms with Crippen LogP contribution in [0.5, 0.6) is 0 Å². The van der Waals surface area contributed by atoms with Crippen LogP contribution in [-0.4, -0.2) is 74.2 Å². The average molecular weight is 344 g/mol. The molecule has 6 heteroatoms. The lowest BCUT2D eigenvalue weighted by Gasteiger charge is -2.39. The van der Waals surface area contributed by atoms with Gasteiger partial charge >= 0.3 is 0 Å². The fraction of sp³-hybridized carbons (Fsp3) is 1.00. The van der Waals surface area contributed by atoms with E-state index in [0.29, 0.717) is 26.4 Å². The van der Waals surface area contributed by atoms with E-state index in [2.05, 4.69) is 9.80 Å². The van der Waals surface area contributed by atoms with Crippen molar-refractivity contribution in [2.45, 2.75) is 65.2 Å². The van der Waals surface area contributed by atoms with E-state index in [4.69, 9.17) is 18.9 Å². The van der Waals surface area contributed by atoms with Gasteiger partial charge in [0.25, 0.3) is 0 Å². The first kappa shape index (κ1) is 20.1. The monoisotopic (exact) mass is 344 g/mol. The Bertz CT molecular complexity index is 325. The van der Waals surface area contributed by atoms with Gasteiger partial charge in [-0.2, -0.15) is 0 Å². The van der Waals surface area contributed by atoms with Gasteiger partial charge < -0.3 is 18.9 Å². The minimum atomic E-state index is -0.649. The van der Waals surface area contributed by atoms with Crippen molar-refractivity contribution >= 4 is 0 Å². The molecular weight excluding hydrogens is 308 g/mol. The van der Waals surface area contributed by atoms with E-state index in [9.17, 15) is 0 Å². The molecule has 0 amide bonds. The molecule has 2 saturated heterocycles. The van der Waals surface area contributed by atoms with Crippen molar-refractivity contribution in [3.8, 4) is 0 Å². The van der Waals surface area contributed by atoms with E-state index in [0.717, 1.165) is 26.2 Å². The lowest BCUT2D eigenvalue weighted by Crippen LogP contribution is -2.51. The van der Waals surface area contributed by atoms with Crippen molar-refractivity contribution in [1.82, 2.24) is 9.80 Å². The van der Waals surface area contributed by atoms with Crippen molar-refractivity contribution in [3.05, 3.63) is 0 Å². The smallest absolute Gasteiger partial charge is 0.227 e. The molecule has 0 saturated carbocycles. The molecule has 0 N–H and O–H groups in total. The second-order valence-electron chi connectivity index (χ2n) is 6.75. The lowest BCUT2D eigenvalue weighted by atomic mass is 10.4. The van der Waals surface area contributed by atoms with Gasteiger partial charge in [-0.05, 0) is 39.5 Å². The molecule has 2 aliphatic heterocycles. The van der Waals surface area contributed by atoms with Crippen LogP contribution in [-0.2, 0) is 18.9 Å². The first-order valence-electron chi connectivity index (χ1n) is 9.60. The Balaban J connectivity index is 1.81. The Morgan fingerprint density at radius 2 is 0.958 bits per heavy atom. The summed E-state index contributed by atoms with van der Waals surface area (Å²) in [5.41, 5.74) is 0. The molecule has 0 aliphatic carbocycles. The van der Waals surface area contributed by atoms with Crippen LogP contribution >= 0.6 is 0 Å². The highest BCUT2D eigenvalue weighted by atomic mass is 16.7. The van der Waals surface area contributed by atoms with Gasteiger partial charge in [0.15, 0.2) is 0 Å². The third kappa shape index (κ3) is 5.13. The Morgan fingerprint density at radius 1 is 0.625 bits per heavy atom. The standard InChI is InChI=1S/C18H36N2O4/c1-5-21-17(3,19-11-7-8-12-19)23-15-16-24-18(4,22-6-2)20-13-9-10-14-20/h5-16H2,1-4H3. The summed E-state index contributed by atoms with van der Waals surface area (Å²) in [6.07, 6.45) is 4.83. The summed E-state index contributed by atoms with van der Waals surface area (Å²) >= 11 is 0. The van der Waals surface area contributed by atoms with Crippen molar-refractivity contribution in [3.63, 3.8) is 0 Å². The molecule has 0 bridgehead atoms. The maximum atomic E-state index is 6.09. The highest BCUT2D eigenvalue weighted by Gasteiger charge is 2.37. The molecule has 6 nitrogen and oxygen atoms in total. The summed E-state index contributed by atoms with van der Waals surface area (Å²) in [4.78, 5) is 4.55. The van der Waals surface area contributed by atoms with Crippen molar-refractivity contribution in [2.75, 3.05) is 52.6 Å². The number of ether oxygens (including phenoxy) is 4. The van der Waals surface area contributed by atoms with Gasteiger partial charge in [0.1, 0.15) is 0 Å². The third-order valence-electron chi connectivity index (χ3n) is 5.01. The molecule has 2 heterocycles. The molecule has 2 aliphatic rings. The van der Waals surface area contributed by atoms with Gasteiger partial charge in [0.05, 0.1) is 13.2 Å². The van der Waals surface area contributed by atoms with E-state index in [1.54, 1.807) is 0 Å². The van der Waals surface area contributed by atoms with Crippen LogP contribution < -0.4 is 0 Å². The van der Waals surface area contributed by atoms with Crippen LogP contribution in [0.1, 0.15) is 53.4 Å². The molecule has 142 valence electrons. The van der Waals surface area contributed by atoms with Gasteiger partial charge in [-0.1, -0.05) is 0 Å². The summed E-state index contributed by atoms with van der Waals surface area (Å²) in [5.74, 6) is -1.30. The third-order valence-corrected chi connectivity index (χ3v) is 5.01. The topological polar surface area (TPSA) is 43.4 Å². The summed E-state index contributed by atoms with van der Waals surface area (Å²) in [6, 6.07) is 0. The number of likely N-dealkylation sites (tertiary alicyclic amines) is 2. The average Bonchev–Trinajstić information content (AvgIpc) is 3.25. The number of nitrogens with zero attached hydrogens (tertiary/aromatic N) is 2. The second-order valence-corrected chi connectivity index (χ2v) is 6.75. The molecule has 2 rings (SSSR count). The van der Waals surface area contributed by atoms with Gasteiger partial charge in [-0.15, -0.1) is 0 Å². The molecule has 0 spiro atoms. The van der Waals surface area contributed by atoms with Gasteiger partial charge in [-0.3, -0.25) is 9.80 Å². The lowest BCUT2D eigenvalue weighted by molar-refractivity contribution is -0.329. The van der Waals surface area contributed by atoms with Gasteiger partial charge in [0, 0.05) is 53.2 Å². The molecule has 0 aromatic rings. The maximum Gasteiger partial charge on any atom is 0.227 e. The van der Waals surface area contributed by atoms with Crippen LogP contribution in [0.15, 0.2) is 0 Å². The second kappa shape index (κ2) is 9.46. The summed E-state index contributed by atoms with van der Waals surface area (Å²) in [6.45, 7) is 14.4. The first-order valence-corrected chi connectivity index (χ1v) is 9.60. The SMILES string of the molecule is CCOC(C)(OCCOC(C)(OCC)N1CCCC1)N1CCCC1. The molecule has 0 aromatic carbocycles. The zero-order chi connectivity index (χ0) is 17.5. The fourth-order valence-corrected chi connectivity index (χ4v) is 3.69. The molecule has 24 heavy (non-hydrogen) atoms. The number of rotatable bonds is 11. The Morgan fingerprint density at radius 3 is 1.25 bits per heavy atom. The van der Waals surface area contributed by atoms with Crippen LogP contribution in [0.3, 0.4) is 0 Å². The highest BCUT2D eigenvalue weighted by molar-refractivity contribution is 4.75. The van der Waals surface area contributed by atoms with Crippen molar-refractivity contribution < 1.29 is 18.9 Å². The quantitative estimate of drug-likeness (QED) is 0.424. The Kier molecular flexibility index (Phi) is 7.91. The zero-order valence-corrected chi connectivity index (χ0v) is 16.0. The molecule has 2 unspecified atom stereocenters. The summed E-state index contributed by atoms with van der Waals surface area (Å²) in [5, 5.41) is 0. The Hall–Kier alpha value is -0.240. The predicted molar refractivity (Wildman–Crippen MR) is 93.6 cm³/mol. The fourth-order valence-electron chi connectivity index (χ4n) is 3.69.